The number of carbonyl (C=O) groups is 1. The molecule has 188 valence electrons. The molecule has 3 aromatic carbocycles. The number of anilines is 2. The van der Waals surface area contributed by atoms with Crippen LogP contribution in [0.4, 0.5) is 16.0 Å². The van der Waals surface area contributed by atoms with E-state index in [4.69, 9.17) is 21.4 Å². The van der Waals surface area contributed by atoms with Crippen molar-refractivity contribution in [2.24, 2.45) is 0 Å². The number of ether oxygens (including phenoxy) is 1. The summed E-state index contributed by atoms with van der Waals surface area (Å²) in [6, 6.07) is 20.1. The lowest BCUT2D eigenvalue weighted by Gasteiger charge is -2.28. The van der Waals surface area contributed by atoms with E-state index in [9.17, 15) is 9.18 Å². The highest BCUT2D eigenvalue weighted by Crippen LogP contribution is 2.37. The summed E-state index contributed by atoms with van der Waals surface area (Å²) in [5.41, 5.74) is 3.50. The largest absolute Gasteiger partial charge is 0.497 e. The average Bonchev–Trinajstić information content (AvgIpc) is 3.31. The van der Waals surface area contributed by atoms with Gasteiger partial charge in [-0.15, -0.1) is 5.10 Å². The van der Waals surface area contributed by atoms with Crippen molar-refractivity contribution in [1.29, 1.82) is 0 Å². The van der Waals surface area contributed by atoms with Crippen molar-refractivity contribution in [3.63, 3.8) is 0 Å². The number of thioether (sulfide) groups is 1. The van der Waals surface area contributed by atoms with E-state index in [2.05, 4.69) is 15.6 Å². The predicted octanol–water partition coefficient (Wildman–Crippen LogP) is 6.30. The van der Waals surface area contributed by atoms with Crippen LogP contribution in [0, 0.1) is 5.82 Å². The molecule has 0 saturated heterocycles. The van der Waals surface area contributed by atoms with Crippen molar-refractivity contribution in [2.45, 2.75) is 23.9 Å². The monoisotopic (exact) mass is 535 g/mol. The van der Waals surface area contributed by atoms with Crippen LogP contribution in [0.2, 0.25) is 5.02 Å². The van der Waals surface area contributed by atoms with Gasteiger partial charge in [0, 0.05) is 22.2 Å². The normalized spacial score (nSPS) is 14.6. The Bertz CT molecular complexity index is 1450. The number of aromatic nitrogens is 3. The molecule has 2 N–H and O–H groups in total. The van der Waals surface area contributed by atoms with Gasteiger partial charge in [-0.25, -0.2) is 9.07 Å². The molecule has 1 aromatic heterocycles. The van der Waals surface area contributed by atoms with Gasteiger partial charge in [-0.2, -0.15) is 4.98 Å². The second-order valence-electron chi connectivity index (χ2n) is 8.38. The van der Waals surface area contributed by atoms with Gasteiger partial charge in [-0.1, -0.05) is 47.6 Å². The van der Waals surface area contributed by atoms with Crippen molar-refractivity contribution in [3.8, 4) is 5.75 Å². The maximum atomic E-state index is 13.8. The number of allylic oxidation sites excluding steroid dienone is 1. The topological polar surface area (TPSA) is 81.1 Å². The molecule has 1 atom stereocenters. The van der Waals surface area contributed by atoms with E-state index in [0.717, 1.165) is 5.56 Å². The van der Waals surface area contributed by atoms with Gasteiger partial charge >= 0.3 is 0 Å². The van der Waals surface area contributed by atoms with E-state index in [1.165, 1.54) is 23.9 Å². The number of benzene rings is 3. The van der Waals surface area contributed by atoms with Crippen molar-refractivity contribution in [3.05, 3.63) is 106 Å². The molecule has 1 amide bonds. The summed E-state index contributed by atoms with van der Waals surface area (Å²) in [5.74, 6) is 1.18. The summed E-state index contributed by atoms with van der Waals surface area (Å²) < 4.78 is 20.6. The zero-order chi connectivity index (χ0) is 25.9. The standard InChI is InChI=1S/C27H23ClFN5O2S/c1-16-23(25(35)31-21-11-13-22(36-2)14-12-21)24(18-5-9-20(29)10-6-18)34-26(30-16)32-27(33-34)37-15-17-3-7-19(28)8-4-17/h3-14,24H,15H2,1-2H3,(H,31,35)(H,30,32,33). The van der Waals surface area contributed by atoms with E-state index >= 15 is 0 Å². The van der Waals surface area contributed by atoms with Gasteiger partial charge in [0.25, 0.3) is 5.91 Å². The lowest BCUT2D eigenvalue weighted by atomic mass is 9.95. The number of carbonyl (C=O) groups excluding carboxylic acids is 1. The van der Waals surface area contributed by atoms with Gasteiger partial charge < -0.3 is 15.4 Å². The van der Waals surface area contributed by atoms with E-state index in [1.54, 1.807) is 48.2 Å². The number of nitrogens with zero attached hydrogens (tertiary/aromatic N) is 3. The molecule has 0 saturated carbocycles. The Balaban J connectivity index is 1.46. The molecule has 4 aromatic rings. The third kappa shape index (κ3) is 5.47. The number of rotatable bonds is 7. The minimum Gasteiger partial charge on any atom is -0.497 e. The van der Waals surface area contributed by atoms with Crippen LogP contribution in [-0.2, 0) is 10.5 Å². The van der Waals surface area contributed by atoms with Crippen molar-refractivity contribution in [1.82, 2.24) is 14.8 Å². The van der Waals surface area contributed by atoms with Gasteiger partial charge in [0.1, 0.15) is 17.6 Å². The first kappa shape index (κ1) is 24.9. The fourth-order valence-electron chi connectivity index (χ4n) is 4.04. The van der Waals surface area contributed by atoms with Crippen molar-refractivity contribution < 1.29 is 13.9 Å². The number of amides is 1. The third-order valence-electron chi connectivity index (χ3n) is 5.89. The number of halogens is 2. The van der Waals surface area contributed by atoms with E-state index in [0.29, 0.717) is 50.2 Å². The molecule has 0 bridgehead atoms. The smallest absolute Gasteiger partial charge is 0.255 e. The molecular weight excluding hydrogens is 513 g/mol. The summed E-state index contributed by atoms with van der Waals surface area (Å²) in [6.07, 6.45) is 0. The summed E-state index contributed by atoms with van der Waals surface area (Å²) >= 11 is 7.46. The summed E-state index contributed by atoms with van der Waals surface area (Å²) in [5, 5.41) is 12.1. The summed E-state index contributed by atoms with van der Waals surface area (Å²) in [4.78, 5) is 18.2. The van der Waals surface area contributed by atoms with Gasteiger partial charge in [0.15, 0.2) is 0 Å². The quantitative estimate of drug-likeness (QED) is 0.270. The molecule has 10 heteroatoms. The molecule has 0 aliphatic carbocycles. The highest BCUT2D eigenvalue weighted by molar-refractivity contribution is 7.98. The lowest BCUT2D eigenvalue weighted by Crippen LogP contribution is -2.31. The maximum Gasteiger partial charge on any atom is 0.255 e. The maximum absolute atomic E-state index is 13.8. The molecule has 1 aliphatic heterocycles. The lowest BCUT2D eigenvalue weighted by molar-refractivity contribution is -0.113. The zero-order valence-corrected chi connectivity index (χ0v) is 21.6. The molecule has 0 radical (unpaired) electrons. The summed E-state index contributed by atoms with van der Waals surface area (Å²) in [7, 11) is 1.58. The van der Waals surface area contributed by atoms with Gasteiger partial charge in [0.05, 0.1) is 12.7 Å². The molecule has 1 aliphatic rings. The molecule has 37 heavy (non-hydrogen) atoms. The van der Waals surface area contributed by atoms with Crippen LogP contribution in [-0.4, -0.2) is 27.8 Å². The van der Waals surface area contributed by atoms with Crippen molar-refractivity contribution in [2.75, 3.05) is 17.7 Å². The SMILES string of the molecule is COc1ccc(NC(=O)C2=C(C)Nc3nc(SCc4ccc(Cl)cc4)nn3C2c2ccc(F)cc2)cc1. The van der Waals surface area contributed by atoms with Crippen LogP contribution < -0.4 is 15.4 Å². The Labute approximate surface area is 222 Å². The van der Waals surface area contributed by atoms with E-state index in [-0.39, 0.29) is 11.7 Å². The van der Waals surface area contributed by atoms with Crippen LogP contribution in [0.5, 0.6) is 5.75 Å². The second kappa shape index (κ2) is 10.7. The number of methoxy groups -OCH3 is 1. The van der Waals surface area contributed by atoms with Crippen LogP contribution in [0.3, 0.4) is 0 Å². The Morgan fingerprint density at radius 2 is 1.81 bits per heavy atom. The highest BCUT2D eigenvalue weighted by atomic mass is 35.5. The fraction of sp³-hybridized carbons (Fsp3) is 0.148. The van der Waals surface area contributed by atoms with Gasteiger partial charge in [-0.3, -0.25) is 4.79 Å². The molecule has 0 fully saturated rings. The third-order valence-corrected chi connectivity index (χ3v) is 7.05. The Morgan fingerprint density at radius 1 is 1.11 bits per heavy atom. The zero-order valence-electron chi connectivity index (χ0n) is 20.0. The molecule has 5 rings (SSSR count). The van der Waals surface area contributed by atoms with Crippen LogP contribution in [0.25, 0.3) is 0 Å². The first-order chi connectivity index (χ1) is 17.9. The first-order valence-electron chi connectivity index (χ1n) is 11.4. The molecule has 0 spiro atoms. The van der Waals surface area contributed by atoms with Crippen LogP contribution in [0.15, 0.2) is 89.2 Å². The highest BCUT2D eigenvalue weighted by Gasteiger charge is 2.34. The Morgan fingerprint density at radius 3 is 2.49 bits per heavy atom. The fourth-order valence-corrected chi connectivity index (χ4v) is 4.95. The minimum absolute atomic E-state index is 0.305. The molecule has 1 unspecified atom stereocenters. The van der Waals surface area contributed by atoms with Crippen molar-refractivity contribution >= 4 is 40.9 Å². The predicted molar refractivity (Wildman–Crippen MR) is 144 cm³/mol. The Hall–Kier alpha value is -3.82. The Kier molecular flexibility index (Phi) is 7.16. The number of fused-ring (bicyclic) bond motifs is 1. The molecular formula is C27H23ClFN5O2S. The van der Waals surface area contributed by atoms with Crippen LogP contribution in [0.1, 0.15) is 24.1 Å². The minimum atomic E-state index is -0.604. The van der Waals surface area contributed by atoms with E-state index in [1.807, 2.05) is 31.2 Å². The van der Waals surface area contributed by atoms with Gasteiger partial charge in [0.2, 0.25) is 11.1 Å². The average molecular weight is 536 g/mol. The van der Waals surface area contributed by atoms with Crippen LogP contribution >= 0.6 is 23.4 Å². The number of hydrogen-bond acceptors (Lipinski definition) is 6. The summed E-state index contributed by atoms with van der Waals surface area (Å²) in [6.45, 7) is 1.82. The molecule has 7 nitrogen and oxygen atoms in total. The number of hydrogen-bond donors (Lipinski definition) is 2. The molecule has 2 heterocycles. The first-order valence-corrected chi connectivity index (χ1v) is 12.8. The van der Waals surface area contributed by atoms with Gasteiger partial charge in [-0.05, 0) is 66.6 Å². The second-order valence-corrected chi connectivity index (χ2v) is 9.76. The number of nitrogens with one attached hydrogen (secondary N) is 2. The van der Waals surface area contributed by atoms with E-state index < -0.39 is 6.04 Å².